The Hall–Kier alpha value is -0.860. The van der Waals surface area contributed by atoms with Crippen LogP contribution in [-0.4, -0.2) is 18.2 Å². The summed E-state index contributed by atoms with van der Waals surface area (Å²) in [7, 11) is 0. The van der Waals surface area contributed by atoms with E-state index < -0.39 is 0 Å². The van der Waals surface area contributed by atoms with Crippen LogP contribution in [-0.2, 0) is 11.3 Å². The first-order valence-corrected chi connectivity index (χ1v) is 5.80. The fraction of sp³-hybridized carbons (Fsp3) is 0.538. The lowest BCUT2D eigenvalue weighted by molar-refractivity contribution is -0.115. The molecule has 1 spiro atoms. The van der Waals surface area contributed by atoms with Gasteiger partial charge < -0.3 is 10.1 Å². The SMILES string of the molecule is c1ccc(COC2CCC23CCN3)cc1. The van der Waals surface area contributed by atoms with Crippen molar-refractivity contribution in [3.63, 3.8) is 0 Å². The maximum Gasteiger partial charge on any atom is 0.0762 e. The van der Waals surface area contributed by atoms with Crippen LogP contribution in [0.4, 0.5) is 0 Å². The van der Waals surface area contributed by atoms with Gasteiger partial charge in [-0.15, -0.1) is 0 Å². The molecule has 3 rings (SSSR count). The predicted octanol–water partition coefficient (Wildman–Crippen LogP) is 2.10. The van der Waals surface area contributed by atoms with Crippen LogP contribution < -0.4 is 5.32 Å². The minimum atomic E-state index is 0.370. The van der Waals surface area contributed by atoms with Crippen molar-refractivity contribution in [1.29, 1.82) is 0 Å². The largest absolute Gasteiger partial charge is 0.372 e. The van der Waals surface area contributed by atoms with E-state index in [1.165, 1.54) is 31.4 Å². The number of hydrogen-bond acceptors (Lipinski definition) is 2. The summed E-state index contributed by atoms with van der Waals surface area (Å²) in [6, 6.07) is 10.4. The molecule has 80 valence electrons. The van der Waals surface area contributed by atoms with Gasteiger partial charge in [-0.2, -0.15) is 0 Å². The molecule has 0 amide bonds. The molecule has 2 fully saturated rings. The zero-order valence-corrected chi connectivity index (χ0v) is 8.91. The Balaban J connectivity index is 1.54. The minimum absolute atomic E-state index is 0.370. The van der Waals surface area contributed by atoms with Crippen LogP contribution in [0, 0.1) is 0 Å². The smallest absolute Gasteiger partial charge is 0.0762 e. The van der Waals surface area contributed by atoms with Crippen molar-refractivity contribution in [3.8, 4) is 0 Å². The molecule has 1 N–H and O–H groups in total. The van der Waals surface area contributed by atoms with Crippen LogP contribution >= 0.6 is 0 Å². The van der Waals surface area contributed by atoms with Gasteiger partial charge in [0.1, 0.15) is 0 Å². The van der Waals surface area contributed by atoms with Crippen LogP contribution in [0.2, 0.25) is 0 Å². The molecule has 15 heavy (non-hydrogen) atoms. The van der Waals surface area contributed by atoms with E-state index in [1.807, 2.05) is 6.07 Å². The highest BCUT2D eigenvalue weighted by Gasteiger charge is 2.51. The number of nitrogens with one attached hydrogen (secondary N) is 1. The Kier molecular flexibility index (Phi) is 2.26. The molecule has 0 aromatic heterocycles. The summed E-state index contributed by atoms with van der Waals surface area (Å²) < 4.78 is 5.96. The molecule has 1 saturated heterocycles. The van der Waals surface area contributed by atoms with Gasteiger partial charge in [0.05, 0.1) is 12.7 Å². The maximum absolute atomic E-state index is 5.96. The lowest BCUT2D eigenvalue weighted by Gasteiger charge is -2.56. The number of ether oxygens (including phenoxy) is 1. The number of rotatable bonds is 3. The molecule has 1 saturated carbocycles. The standard InChI is InChI=1S/C13H17NO/c1-2-4-11(5-3-1)10-15-12-6-7-13(12)8-9-14-13/h1-5,12,14H,6-10H2. The molecular formula is C13H17NO. The van der Waals surface area contributed by atoms with E-state index in [2.05, 4.69) is 29.6 Å². The van der Waals surface area contributed by atoms with Gasteiger partial charge >= 0.3 is 0 Å². The lowest BCUT2D eigenvalue weighted by Crippen LogP contribution is -2.70. The van der Waals surface area contributed by atoms with Gasteiger partial charge in [-0.3, -0.25) is 0 Å². The Morgan fingerprint density at radius 2 is 2.07 bits per heavy atom. The monoisotopic (exact) mass is 203 g/mol. The highest BCUT2D eigenvalue weighted by molar-refractivity contribution is 5.15. The predicted molar refractivity (Wildman–Crippen MR) is 59.6 cm³/mol. The second-order valence-corrected chi connectivity index (χ2v) is 4.66. The van der Waals surface area contributed by atoms with E-state index >= 15 is 0 Å². The topological polar surface area (TPSA) is 21.3 Å². The van der Waals surface area contributed by atoms with Gasteiger partial charge in [-0.1, -0.05) is 30.3 Å². The van der Waals surface area contributed by atoms with Crippen LogP contribution in [0.15, 0.2) is 30.3 Å². The van der Waals surface area contributed by atoms with Gasteiger partial charge in [0.15, 0.2) is 0 Å². The van der Waals surface area contributed by atoms with E-state index in [4.69, 9.17) is 4.74 Å². The summed E-state index contributed by atoms with van der Waals surface area (Å²) in [5.74, 6) is 0. The summed E-state index contributed by atoms with van der Waals surface area (Å²) in [4.78, 5) is 0. The molecule has 1 aromatic rings. The summed E-state index contributed by atoms with van der Waals surface area (Å²) >= 11 is 0. The van der Waals surface area contributed by atoms with Crippen molar-refractivity contribution in [2.75, 3.05) is 6.54 Å². The molecular weight excluding hydrogens is 186 g/mol. The molecule has 1 aliphatic carbocycles. The zero-order chi connectivity index (χ0) is 10.1. The third-order valence-corrected chi connectivity index (χ3v) is 3.81. The first-order chi connectivity index (χ1) is 7.39. The second-order valence-electron chi connectivity index (χ2n) is 4.66. The number of benzene rings is 1. The average Bonchev–Trinajstić information content (AvgIpc) is 2.16. The molecule has 2 unspecified atom stereocenters. The number of hydrogen-bond donors (Lipinski definition) is 1. The van der Waals surface area contributed by atoms with Gasteiger partial charge in [0.2, 0.25) is 0 Å². The molecule has 2 nitrogen and oxygen atoms in total. The Morgan fingerprint density at radius 1 is 1.27 bits per heavy atom. The Morgan fingerprint density at radius 3 is 2.60 bits per heavy atom. The highest BCUT2D eigenvalue weighted by atomic mass is 16.5. The molecule has 1 aromatic carbocycles. The highest BCUT2D eigenvalue weighted by Crippen LogP contribution is 2.42. The first-order valence-electron chi connectivity index (χ1n) is 5.80. The van der Waals surface area contributed by atoms with Gasteiger partial charge in [-0.25, -0.2) is 0 Å². The van der Waals surface area contributed by atoms with Crippen LogP contribution in [0.3, 0.4) is 0 Å². The van der Waals surface area contributed by atoms with E-state index in [0.717, 1.165) is 6.61 Å². The summed E-state index contributed by atoms with van der Waals surface area (Å²) in [6.45, 7) is 1.93. The van der Waals surface area contributed by atoms with Crippen LogP contribution in [0.25, 0.3) is 0 Å². The quantitative estimate of drug-likeness (QED) is 0.812. The average molecular weight is 203 g/mol. The third kappa shape index (κ3) is 1.58. The summed E-state index contributed by atoms with van der Waals surface area (Å²) in [5.41, 5.74) is 1.65. The first kappa shape index (κ1) is 9.37. The molecule has 2 atom stereocenters. The lowest BCUT2D eigenvalue weighted by atomic mass is 9.67. The third-order valence-electron chi connectivity index (χ3n) is 3.81. The van der Waals surface area contributed by atoms with Crippen molar-refractivity contribution in [2.45, 2.75) is 37.5 Å². The molecule has 2 aliphatic rings. The van der Waals surface area contributed by atoms with E-state index in [1.54, 1.807) is 0 Å². The fourth-order valence-electron chi connectivity index (χ4n) is 2.56. The van der Waals surface area contributed by atoms with Crippen molar-refractivity contribution in [2.24, 2.45) is 0 Å². The zero-order valence-electron chi connectivity index (χ0n) is 8.91. The molecule has 1 heterocycles. The Labute approximate surface area is 90.6 Å². The van der Waals surface area contributed by atoms with Crippen molar-refractivity contribution >= 4 is 0 Å². The molecule has 1 aliphatic heterocycles. The minimum Gasteiger partial charge on any atom is -0.372 e. The van der Waals surface area contributed by atoms with Crippen molar-refractivity contribution in [1.82, 2.24) is 5.32 Å². The van der Waals surface area contributed by atoms with Crippen molar-refractivity contribution in [3.05, 3.63) is 35.9 Å². The molecule has 2 heteroatoms. The summed E-state index contributed by atoms with van der Waals surface area (Å²) in [6.07, 6.45) is 4.27. The van der Waals surface area contributed by atoms with Crippen LogP contribution in [0.1, 0.15) is 24.8 Å². The van der Waals surface area contributed by atoms with Gasteiger partial charge in [-0.05, 0) is 31.4 Å². The van der Waals surface area contributed by atoms with Gasteiger partial charge in [0, 0.05) is 5.54 Å². The Bertz CT molecular complexity index is 326. The van der Waals surface area contributed by atoms with Gasteiger partial charge in [0.25, 0.3) is 0 Å². The van der Waals surface area contributed by atoms with Crippen molar-refractivity contribution < 1.29 is 4.74 Å². The van der Waals surface area contributed by atoms with E-state index in [-0.39, 0.29) is 0 Å². The normalized spacial score (nSPS) is 33.5. The maximum atomic E-state index is 5.96. The fourth-order valence-corrected chi connectivity index (χ4v) is 2.56. The molecule has 0 radical (unpaired) electrons. The van der Waals surface area contributed by atoms with E-state index in [0.29, 0.717) is 11.6 Å². The van der Waals surface area contributed by atoms with Crippen LogP contribution in [0.5, 0.6) is 0 Å². The van der Waals surface area contributed by atoms with E-state index in [9.17, 15) is 0 Å². The second kappa shape index (κ2) is 3.62. The molecule has 0 bridgehead atoms. The summed E-state index contributed by atoms with van der Waals surface area (Å²) in [5, 5.41) is 3.52.